The number of hydrogen-bond acceptors (Lipinski definition) is 4. The van der Waals surface area contributed by atoms with Gasteiger partial charge in [-0.15, -0.1) is 0 Å². The Balaban J connectivity index is 1.57. The number of anilines is 2. The highest BCUT2D eigenvalue weighted by Gasteiger charge is 2.75. The van der Waals surface area contributed by atoms with Crippen LogP contribution < -0.4 is 9.80 Å². The average Bonchev–Trinajstić information content (AvgIpc) is 3.47. The molecular formula is C24H22BrN3O3. The SMILES string of the molecule is CCN1C(=O)C2(c3ccccc31)C1C(=O)N(c3ccc(Br)cc3)C(=O)C1C1CCCN12. The third kappa shape index (κ3) is 2.18. The van der Waals surface area contributed by atoms with Crippen molar-refractivity contribution >= 4 is 45.0 Å². The molecule has 0 radical (unpaired) electrons. The van der Waals surface area contributed by atoms with E-state index in [1.807, 2.05) is 43.3 Å². The Hall–Kier alpha value is -2.51. The predicted octanol–water partition coefficient (Wildman–Crippen LogP) is 3.29. The molecule has 7 heteroatoms. The fourth-order valence-corrected chi connectivity index (χ4v) is 6.76. The molecule has 3 amide bonds. The second-order valence-corrected chi connectivity index (χ2v) is 9.64. The number of hydrogen-bond donors (Lipinski definition) is 0. The van der Waals surface area contributed by atoms with Crippen molar-refractivity contribution in [2.45, 2.75) is 31.3 Å². The van der Waals surface area contributed by atoms with Gasteiger partial charge in [0, 0.05) is 28.3 Å². The molecular weight excluding hydrogens is 458 g/mol. The number of imide groups is 1. The van der Waals surface area contributed by atoms with Crippen LogP contribution in [0.15, 0.2) is 53.0 Å². The zero-order valence-corrected chi connectivity index (χ0v) is 18.7. The van der Waals surface area contributed by atoms with E-state index in [4.69, 9.17) is 0 Å². The van der Waals surface area contributed by atoms with Crippen molar-refractivity contribution in [2.24, 2.45) is 11.8 Å². The summed E-state index contributed by atoms with van der Waals surface area (Å²) in [7, 11) is 0. The normalized spacial score (nSPS) is 31.7. The fraction of sp³-hybridized carbons (Fsp3) is 0.375. The van der Waals surface area contributed by atoms with Crippen LogP contribution in [0.5, 0.6) is 0 Å². The maximum atomic E-state index is 14.0. The summed E-state index contributed by atoms with van der Waals surface area (Å²) >= 11 is 3.41. The van der Waals surface area contributed by atoms with Gasteiger partial charge in [-0.25, -0.2) is 4.90 Å². The molecule has 2 aromatic carbocycles. The van der Waals surface area contributed by atoms with E-state index in [0.717, 1.165) is 35.1 Å². The number of likely N-dealkylation sites (N-methyl/N-ethyl adjacent to an activating group) is 1. The molecule has 0 aromatic heterocycles. The van der Waals surface area contributed by atoms with E-state index in [1.165, 1.54) is 4.90 Å². The summed E-state index contributed by atoms with van der Waals surface area (Å²) in [6.07, 6.45) is 1.76. The maximum Gasteiger partial charge on any atom is 0.253 e. The Kier molecular flexibility index (Phi) is 4.02. The summed E-state index contributed by atoms with van der Waals surface area (Å²) in [6, 6.07) is 14.9. The third-order valence-corrected chi connectivity index (χ3v) is 8.07. The number of halogens is 1. The minimum absolute atomic E-state index is 0.0607. The van der Waals surface area contributed by atoms with E-state index in [9.17, 15) is 14.4 Å². The fourth-order valence-electron chi connectivity index (χ4n) is 6.50. The van der Waals surface area contributed by atoms with Crippen LogP contribution in [0, 0.1) is 11.8 Å². The minimum Gasteiger partial charge on any atom is -0.310 e. The molecule has 4 aliphatic rings. The van der Waals surface area contributed by atoms with Crippen LogP contribution in [-0.2, 0) is 19.9 Å². The van der Waals surface area contributed by atoms with Crippen LogP contribution in [-0.4, -0.2) is 41.8 Å². The van der Waals surface area contributed by atoms with Crippen LogP contribution >= 0.6 is 15.9 Å². The van der Waals surface area contributed by atoms with Crippen LogP contribution in [0.25, 0.3) is 0 Å². The van der Waals surface area contributed by atoms with E-state index in [0.29, 0.717) is 12.2 Å². The van der Waals surface area contributed by atoms with Gasteiger partial charge in [0.05, 0.1) is 17.5 Å². The number of carbonyl (C=O) groups excluding carboxylic acids is 3. The molecule has 3 saturated heterocycles. The topological polar surface area (TPSA) is 60.9 Å². The Bertz CT molecular complexity index is 1130. The number of amides is 3. The molecule has 6 rings (SSSR count). The van der Waals surface area contributed by atoms with E-state index < -0.39 is 17.4 Å². The number of rotatable bonds is 2. The minimum atomic E-state index is -1.09. The van der Waals surface area contributed by atoms with Crippen molar-refractivity contribution in [2.75, 3.05) is 22.9 Å². The van der Waals surface area contributed by atoms with Gasteiger partial charge >= 0.3 is 0 Å². The summed E-state index contributed by atoms with van der Waals surface area (Å²) in [6.45, 7) is 3.22. The van der Waals surface area contributed by atoms with Crippen molar-refractivity contribution in [1.29, 1.82) is 0 Å². The zero-order chi connectivity index (χ0) is 21.5. The molecule has 6 nitrogen and oxygen atoms in total. The van der Waals surface area contributed by atoms with Gasteiger partial charge in [0.15, 0.2) is 0 Å². The molecule has 0 bridgehead atoms. The Morgan fingerprint density at radius 3 is 2.52 bits per heavy atom. The second-order valence-electron chi connectivity index (χ2n) is 8.73. The Morgan fingerprint density at radius 2 is 1.77 bits per heavy atom. The van der Waals surface area contributed by atoms with E-state index in [2.05, 4.69) is 20.8 Å². The quantitative estimate of drug-likeness (QED) is 0.620. The van der Waals surface area contributed by atoms with Gasteiger partial charge in [-0.2, -0.15) is 0 Å². The first-order chi connectivity index (χ1) is 15.0. The lowest BCUT2D eigenvalue weighted by atomic mass is 9.75. The molecule has 31 heavy (non-hydrogen) atoms. The van der Waals surface area contributed by atoms with Crippen LogP contribution in [0.2, 0.25) is 0 Å². The van der Waals surface area contributed by atoms with Crippen LogP contribution in [0.1, 0.15) is 25.3 Å². The van der Waals surface area contributed by atoms with Crippen molar-refractivity contribution in [3.63, 3.8) is 0 Å². The van der Waals surface area contributed by atoms with Gasteiger partial charge in [0.1, 0.15) is 5.54 Å². The number of carbonyl (C=O) groups is 3. The summed E-state index contributed by atoms with van der Waals surface area (Å²) in [4.78, 5) is 46.9. The van der Waals surface area contributed by atoms with Gasteiger partial charge in [0.2, 0.25) is 11.8 Å². The highest BCUT2D eigenvalue weighted by Crippen LogP contribution is 2.61. The van der Waals surface area contributed by atoms with Crippen LogP contribution in [0.4, 0.5) is 11.4 Å². The van der Waals surface area contributed by atoms with Gasteiger partial charge in [0.25, 0.3) is 5.91 Å². The highest BCUT2D eigenvalue weighted by atomic mass is 79.9. The van der Waals surface area contributed by atoms with Gasteiger partial charge in [-0.05, 0) is 56.6 Å². The zero-order valence-electron chi connectivity index (χ0n) is 17.1. The summed E-state index contributed by atoms with van der Waals surface area (Å²) < 4.78 is 0.882. The molecule has 0 aliphatic carbocycles. The Morgan fingerprint density at radius 1 is 1.03 bits per heavy atom. The number of fused-ring (bicyclic) bond motifs is 7. The van der Waals surface area contributed by atoms with Crippen molar-refractivity contribution in [3.8, 4) is 0 Å². The molecule has 4 heterocycles. The number of nitrogens with zero attached hydrogens (tertiary/aromatic N) is 3. The lowest BCUT2D eigenvalue weighted by Gasteiger charge is -2.37. The molecule has 0 saturated carbocycles. The predicted molar refractivity (Wildman–Crippen MR) is 119 cm³/mol. The largest absolute Gasteiger partial charge is 0.310 e. The number of benzene rings is 2. The van der Waals surface area contributed by atoms with Gasteiger partial charge in [-0.3, -0.25) is 19.3 Å². The average molecular weight is 480 g/mol. The van der Waals surface area contributed by atoms with E-state index in [-0.39, 0.29) is 23.8 Å². The first kappa shape index (κ1) is 19.2. The smallest absolute Gasteiger partial charge is 0.253 e. The van der Waals surface area contributed by atoms with Crippen LogP contribution in [0.3, 0.4) is 0 Å². The lowest BCUT2D eigenvalue weighted by Crippen LogP contribution is -2.56. The lowest BCUT2D eigenvalue weighted by molar-refractivity contribution is -0.137. The summed E-state index contributed by atoms with van der Waals surface area (Å²) in [5, 5.41) is 0. The Labute approximate surface area is 188 Å². The second kappa shape index (κ2) is 6.50. The number of para-hydroxylation sites is 1. The van der Waals surface area contributed by atoms with E-state index in [1.54, 1.807) is 17.0 Å². The highest BCUT2D eigenvalue weighted by molar-refractivity contribution is 9.10. The molecule has 3 fully saturated rings. The first-order valence-corrected chi connectivity index (χ1v) is 11.6. The summed E-state index contributed by atoms with van der Waals surface area (Å²) in [5.41, 5.74) is 1.22. The van der Waals surface area contributed by atoms with Gasteiger partial charge in [-0.1, -0.05) is 34.1 Å². The van der Waals surface area contributed by atoms with Crippen molar-refractivity contribution < 1.29 is 14.4 Å². The molecule has 4 aliphatic heterocycles. The van der Waals surface area contributed by atoms with E-state index >= 15 is 0 Å². The summed E-state index contributed by atoms with van der Waals surface area (Å²) in [5.74, 6) is -1.68. The van der Waals surface area contributed by atoms with Gasteiger partial charge < -0.3 is 4.90 Å². The van der Waals surface area contributed by atoms with Crippen molar-refractivity contribution in [1.82, 2.24) is 4.90 Å². The monoisotopic (exact) mass is 479 g/mol. The maximum absolute atomic E-state index is 14.0. The standard InChI is InChI=1S/C24H22BrN3O3/c1-2-26-17-7-4-3-6-16(17)24(23(26)31)20-19(18-8-5-13-27(18)24)21(29)28(22(20)30)15-11-9-14(25)10-12-15/h3-4,6-7,9-12,18-20H,2,5,8,13H2,1H3. The molecule has 2 aromatic rings. The van der Waals surface area contributed by atoms with Crippen molar-refractivity contribution in [3.05, 3.63) is 58.6 Å². The molecule has 1 spiro atoms. The molecule has 0 N–H and O–H groups in total. The molecule has 4 unspecified atom stereocenters. The first-order valence-electron chi connectivity index (χ1n) is 10.8. The molecule has 158 valence electrons. The third-order valence-electron chi connectivity index (χ3n) is 7.55. The molecule has 4 atom stereocenters.